The fraction of sp³-hybridized carbons (Fsp3) is 0.353. The van der Waals surface area contributed by atoms with Gasteiger partial charge in [-0.05, 0) is 24.7 Å². The minimum absolute atomic E-state index is 0.229. The summed E-state index contributed by atoms with van der Waals surface area (Å²) < 4.78 is 37.1. The molecule has 3 aromatic rings. The van der Waals surface area contributed by atoms with Gasteiger partial charge in [0.1, 0.15) is 11.6 Å². The number of hydrogen-bond donors (Lipinski definition) is 0. The summed E-state index contributed by atoms with van der Waals surface area (Å²) in [7, 11) is 1.85. The number of hydrogen-bond acceptors (Lipinski definition) is 6. The Bertz CT molecular complexity index is 832. The van der Waals surface area contributed by atoms with E-state index in [2.05, 4.69) is 15.1 Å². The van der Waals surface area contributed by atoms with Gasteiger partial charge in [-0.3, -0.25) is 9.47 Å². The van der Waals surface area contributed by atoms with Crippen LogP contribution in [-0.2, 0) is 19.7 Å². The van der Waals surface area contributed by atoms with Gasteiger partial charge in [0.15, 0.2) is 6.61 Å². The highest BCUT2D eigenvalue weighted by Gasteiger charge is 2.13. The number of imidazole rings is 1. The molecule has 3 rings (SSSR count). The van der Waals surface area contributed by atoms with Crippen LogP contribution in [0.4, 0.5) is 8.78 Å². The Morgan fingerprint density at radius 1 is 1.23 bits per heavy atom. The van der Waals surface area contributed by atoms with Crippen molar-refractivity contribution in [1.29, 1.82) is 0 Å². The third-order valence-corrected chi connectivity index (χ3v) is 3.68. The van der Waals surface area contributed by atoms with E-state index in [9.17, 15) is 8.78 Å². The molecule has 0 amide bonds. The Hall–Kier alpha value is -2.81. The SMILES string of the molecule is Cc1nc(COc2ccc(CN(C)Cc3nccn3C(F)F)cc2)no1. The molecule has 0 atom stereocenters. The fourth-order valence-electron chi connectivity index (χ4n) is 2.49. The second-order valence-corrected chi connectivity index (χ2v) is 5.86. The van der Waals surface area contributed by atoms with Gasteiger partial charge in [-0.1, -0.05) is 17.3 Å². The van der Waals surface area contributed by atoms with Crippen LogP contribution in [0.1, 0.15) is 29.7 Å². The van der Waals surface area contributed by atoms with Crippen LogP contribution >= 0.6 is 0 Å². The van der Waals surface area contributed by atoms with E-state index >= 15 is 0 Å². The van der Waals surface area contributed by atoms with Crippen LogP contribution in [0, 0.1) is 6.92 Å². The third kappa shape index (κ3) is 4.63. The first-order chi connectivity index (χ1) is 12.5. The minimum Gasteiger partial charge on any atom is -0.485 e. The lowest BCUT2D eigenvalue weighted by Crippen LogP contribution is -2.20. The first-order valence-electron chi connectivity index (χ1n) is 8.00. The fourth-order valence-corrected chi connectivity index (χ4v) is 2.49. The molecule has 0 saturated carbocycles. The summed E-state index contributed by atoms with van der Waals surface area (Å²) in [5.41, 5.74) is 1.03. The first kappa shape index (κ1) is 18.0. The molecule has 0 fully saturated rings. The Balaban J connectivity index is 1.52. The van der Waals surface area contributed by atoms with Crippen molar-refractivity contribution in [1.82, 2.24) is 24.6 Å². The van der Waals surface area contributed by atoms with Gasteiger partial charge >= 0.3 is 6.55 Å². The molecule has 0 unspecified atom stereocenters. The van der Waals surface area contributed by atoms with Gasteiger partial charge in [0, 0.05) is 25.9 Å². The highest BCUT2D eigenvalue weighted by atomic mass is 19.3. The summed E-state index contributed by atoms with van der Waals surface area (Å²) in [6.45, 7) is 0.288. The van der Waals surface area contributed by atoms with Gasteiger partial charge in [-0.15, -0.1) is 0 Å². The topological polar surface area (TPSA) is 69.2 Å². The van der Waals surface area contributed by atoms with Crippen molar-refractivity contribution < 1.29 is 18.0 Å². The van der Waals surface area contributed by atoms with E-state index in [0.717, 1.165) is 10.1 Å². The summed E-state index contributed by atoms with van der Waals surface area (Å²) in [5, 5.41) is 3.76. The zero-order valence-electron chi connectivity index (χ0n) is 14.5. The predicted molar refractivity (Wildman–Crippen MR) is 88.5 cm³/mol. The Kier molecular flexibility index (Phi) is 5.57. The summed E-state index contributed by atoms with van der Waals surface area (Å²) in [6, 6.07) is 7.53. The quantitative estimate of drug-likeness (QED) is 0.612. The molecule has 0 radical (unpaired) electrons. The number of aryl methyl sites for hydroxylation is 1. The van der Waals surface area contributed by atoms with E-state index in [1.807, 2.05) is 36.2 Å². The van der Waals surface area contributed by atoms with Crippen LogP contribution < -0.4 is 4.74 Å². The second-order valence-electron chi connectivity index (χ2n) is 5.86. The maximum Gasteiger partial charge on any atom is 0.319 e. The number of nitrogens with zero attached hydrogens (tertiary/aromatic N) is 5. The number of benzene rings is 1. The number of ether oxygens (including phenoxy) is 1. The largest absolute Gasteiger partial charge is 0.485 e. The number of aromatic nitrogens is 4. The Labute approximate surface area is 149 Å². The van der Waals surface area contributed by atoms with Crippen molar-refractivity contribution in [2.75, 3.05) is 7.05 Å². The number of alkyl halides is 2. The van der Waals surface area contributed by atoms with Crippen molar-refractivity contribution in [2.24, 2.45) is 0 Å². The average molecular weight is 363 g/mol. The lowest BCUT2D eigenvalue weighted by Gasteiger charge is -2.17. The van der Waals surface area contributed by atoms with E-state index in [-0.39, 0.29) is 6.61 Å². The smallest absolute Gasteiger partial charge is 0.319 e. The van der Waals surface area contributed by atoms with E-state index in [0.29, 0.717) is 36.4 Å². The van der Waals surface area contributed by atoms with E-state index in [1.54, 1.807) is 6.92 Å². The summed E-state index contributed by atoms with van der Waals surface area (Å²) in [5.74, 6) is 2.00. The molecule has 0 saturated heterocycles. The average Bonchev–Trinajstić information content (AvgIpc) is 3.23. The summed E-state index contributed by atoms with van der Waals surface area (Å²) in [6.07, 6.45) is 2.66. The lowest BCUT2D eigenvalue weighted by atomic mass is 10.2. The van der Waals surface area contributed by atoms with Crippen molar-refractivity contribution in [2.45, 2.75) is 33.2 Å². The van der Waals surface area contributed by atoms with Crippen molar-refractivity contribution in [3.05, 3.63) is 59.8 Å². The molecule has 0 aliphatic rings. The van der Waals surface area contributed by atoms with Crippen molar-refractivity contribution in [3.8, 4) is 5.75 Å². The van der Waals surface area contributed by atoms with Gasteiger partial charge < -0.3 is 9.26 Å². The standard InChI is InChI=1S/C17H19F2N5O2/c1-12-21-15(22-26-12)11-25-14-5-3-13(4-6-14)9-23(2)10-16-20-7-8-24(16)17(18)19/h3-8,17H,9-11H2,1-2H3. The summed E-state index contributed by atoms with van der Waals surface area (Å²) in [4.78, 5) is 9.97. The van der Waals surface area contributed by atoms with Crippen molar-refractivity contribution in [3.63, 3.8) is 0 Å². The molecule has 7 nitrogen and oxygen atoms in total. The van der Waals surface area contributed by atoms with Crippen LogP contribution in [0.3, 0.4) is 0 Å². The van der Waals surface area contributed by atoms with Crippen LogP contribution in [-0.4, -0.2) is 31.6 Å². The number of rotatable bonds is 8. The molecule has 0 aliphatic heterocycles. The van der Waals surface area contributed by atoms with E-state index < -0.39 is 6.55 Å². The second kappa shape index (κ2) is 8.05. The van der Waals surface area contributed by atoms with Gasteiger partial charge in [0.2, 0.25) is 11.7 Å². The van der Waals surface area contributed by atoms with Crippen LogP contribution in [0.15, 0.2) is 41.2 Å². The molecule has 0 bridgehead atoms. The Morgan fingerprint density at radius 2 is 2.00 bits per heavy atom. The molecule has 9 heteroatoms. The van der Waals surface area contributed by atoms with Gasteiger partial charge in [-0.2, -0.15) is 13.8 Å². The van der Waals surface area contributed by atoms with E-state index in [4.69, 9.17) is 9.26 Å². The lowest BCUT2D eigenvalue weighted by molar-refractivity contribution is 0.0644. The molecule has 2 aromatic heterocycles. The minimum atomic E-state index is -2.58. The molecule has 0 aliphatic carbocycles. The van der Waals surface area contributed by atoms with Crippen LogP contribution in [0.25, 0.3) is 0 Å². The molecule has 0 spiro atoms. The molecule has 1 aromatic carbocycles. The number of halogens is 2. The van der Waals surface area contributed by atoms with Gasteiger partial charge in [0.05, 0.1) is 6.54 Å². The zero-order valence-corrected chi connectivity index (χ0v) is 14.5. The maximum atomic E-state index is 12.9. The molecule has 2 heterocycles. The van der Waals surface area contributed by atoms with Crippen LogP contribution in [0.2, 0.25) is 0 Å². The maximum absolute atomic E-state index is 12.9. The van der Waals surface area contributed by atoms with Crippen LogP contribution in [0.5, 0.6) is 5.75 Å². The normalized spacial score (nSPS) is 11.5. The van der Waals surface area contributed by atoms with Gasteiger partial charge in [-0.25, -0.2) is 4.98 Å². The highest BCUT2D eigenvalue weighted by molar-refractivity contribution is 5.27. The molecule has 0 N–H and O–H groups in total. The molecule has 138 valence electrons. The highest BCUT2D eigenvalue weighted by Crippen LogP contribution is 2.17. The zero-order chi connectivity index (χ0) is 18.5. The molecular weight excluding hydrogens is 344 g/mol. The monoisotopic (exact) mass is 363 g/mol. The Morgan fingerprint density at radius 3 is 2.65 bits per heavy atom. The molecule has 26 heavy (non-hydrogen) atoms. The molecular formula is C17H19F2N5O2. The van der Waals surface area contributed by atoms with E-state index in [1.165, 1.54) is 12.4 Å². The van der Waals surface area contributed by atoms with Crippen molar-refractivity contribution >= 4 is 0 Å². The first-order valence-corrected chi connectivity index (χ1v) is 8.00. The predicted octanol–water partition coefficient (Wildman–Crippen LogP) is 3.18. The third-order valence-electron chi connectivity index (χ3n) is 3.68. The summed E-state index contributed by atoms with van der Waals surface area (Å²) >= 11 is 0. The van der Waals surface area contributed by atoms with Gasteiger partial charge in [0.25, 0.3) is 0 Å².